The van der Waals surface area contributed by atoms with Gasteiger partial charge in [0, 0.05) is 25.6 Å². The molecule has 0 bridgehead atoms. The number of carbonyl (C=O) groups is 2. The summed E-state index contributed by atoms with van der Waals surface area (Å²) in [6, 6.07) is 0.646. The number of rotatable bonds is 19. The van der Waals surface area contributed by atoms with Gasteiger partial charge in [0.05, 0.1) is 6.04 Å². The van der Waals surface area contributed by atoms with Crippen LogP contribution in [0.2, 0.25) is 0 Å². The van der Waals surface area contributed by atoms with Gasteiger partial charge in [0.25, 0.3) is 0 Å². The molecule has 1 unspecified atom stereocenters. The number of likely N-dealkylation sites (tertiary alicyclic amines) is 1. The van der Waals surface area contributed by atoms with Gasteiger partial charge in [-0.3, -0.25) is 9.69 Å². The van der Waals surface area contributed by atoms with E-state index in [1.807, 2.05) is 0 Å². The number of ether oxygens (including phenoxy) is 2. The second kappa shape index (κ2) is 18.2. The number of nitrogens with one attached hydrogen (secondary N) is 1. The molecule has 6 nitrogen and oxygen atoms in total. The van der Waals surface area contributed by atoms with Crippen molar-refractivity contribution in [1.29, 1.82) is 0 Å². The third kappa shape index (κ3) is 14.7. The zero-order valence-electron chi connectivity index (χ0n) is 21.3. The topological polar surface area (TPSA) is 67.9 Å². The molecule has 0 aromatic heterocycles. The summed E-state index contributed by atoms with van der Waals surface area (Å²) in [6.07, 6.45) is 16.3. The van der Waals surface area contributed by atoms with Gasteiger partial charge in [-0.25, -0.2) is 4.79 Å². The van der Waals surface area contributed by atoms with Gasteiger partial charge in [-0.2, -0.15) is 0 Å². The van der Waals surface area contributed by atoms with Crippen LogP contribution in [0, 0.1) is 0 Å². The quantitative estimate of drug-likeness (QED) is 0.185. The number of carbonyl (C=O) groups excluding carboxylic acids is 2. The van der Waals surface area contributed by atoms with Crippen molar-refractivity contribution in [2.24, 2.45) is 0 Å². The molecule has 1 heterocycles. The van der Waals surface area contributed by atoms with Gasteiger partial charge in [-0.05, 0) is 27.2 Å². The van der Waals surface area contributed by atoms with Gasteiger partial charge in [-0.1, -0.05) is 84.0 Å². The van der Waals surface area contributed by atoms with E-state index < -0.39 is 12.2 Å². The molecular formula is C26H50N2O4. The normalized spacial score (nSPS) is 15.4. The number of nitrogens with zero attached hydrogens (tertiary/aromatic N) is 1. The Hall–Kier alpha value is -1.30. The summed E-state index contributed by atoms with van der Waals surface area (Å²) in [7, 11) is 0. The Morgan fingerprint density at radius 3 is 1.84 bits per heavy atom. The summed E-state index contributed by atoms with van der Waals surface area (Å²) in [5.74, 6) is -0.199. The third-order valence-electron chi connectivity index (χ3n) is 6.23. The zero-order valence-corrected chi connectivity index (χ0v) is 21.3. The Kier molecular flexibility index (Phi) is 16.3. The van der Waals surface area contributed by atoms with E-state index in [2.05, 4.69) is 31.0 Å². The Bertz CT molecular complexity index is 492. The van der Waals surface area contributed by atoms with Crippen LogP contribution >= 0.6 is 0 Å². The second-order valence-corrected chi connectivity index (χ2v) is 9.78. The number of alkyl carbamates (subject to hydrolysis) is 1. The van der Waals surface area contributed by atoms with Crippen molar-refractivity contribution in [3.05, 3.63) is 0 Å². The molecule has 1 N–H and O–H groups in total. The lowest BCUT2D eigenvalue weighted by molar-refractivity contribution is -0.146. The maximum atomic E-state index is 11.9. The van der Waals surface area contributed by atoms with Crippen LogP contribution in [0.15, 0.2) is 0 Å². The van der Waals surface area contributed by atoms with Gasteiger partial charge < -0.3 is 14.8 Å². The summed E-state index contributed by atoms with van der Waals surface area (Å²) >= 11 is 0. The van der Waals surface area contributed by atoms with Crippen molar-refractivity contribution in [3.8, 4) is 0 Å². The van der Waals surface area contributed by atoms with Gasteiger partial charge in [0.15, 0.2) is 0 Å². The number of amides is 1. The molecule has 0 aliphatic carbocycles. The highest BCUT2D eigenvalue weighted by Crippen LogP contribution is 2.14. The molecule has 1 amide bonds. The first-order valence-corrected chi connectivity index (χ1v) is 13.3. The molecule has 32 heavy (non-hydrogen) atoms. The van der Waals surface area contributed by atoms with E-state index >= 15 is 0 Å². The van der Waals surface area contributed by atoms with Crippen LogP contribution < -0.4 is 5.32 Å². The van der Waals surface area contributed by atoms with E-state index in [0.717, 1.165) is 25.9 Å². The molecule has 1 saturated heterocycles. The largest absolute Gasteiger partial charge is 0.462 e. The maximum Gasteiger partial charge on any atom is 0.407 e. The second-order valence-electron chi connectivity index (χ2n) is 9.78. The summed E-state index contributed by atoms with van der Waals surface area (Å²) in [5, 5.41) is 2.86. The SMILES string of the molecule is CCCCCCCCCCCCCCCC(=O)OCC(C)OC(=O)NC1CN(C(C)C)C1. The van der Waals surface area contributed by atoms with Crippen molar-refractivity contribution in [3.63, 3.8) is 0 Å². The highest BCUT2D eigenvalue weighted by molar-refractivity contribution is 5.69. The molecule has 0 aromatic carbocycles. The summed E-state index contributed by atoms with van der Waals surface area (Å²) in [6.45, 7) is 10.1. The van der Waals surface area contributed by atoms with Crippen molar-refractivity contribution >= 4 is 12.1 Å². The van der Waals surface area contributed by atoms with Crippen LogP contribution in [-0.4, -0.2) is 54.8 Å². The van der Waals surface area contributed by atoms with E-state index in [4.69, 9.17) is 9.47 Å². The van der Waals surface area contributed by atoms with Crippen molar-refractivity contribution in [1.82, 2.24) is 10.2 Å². The first kappa shape index (κ1) is 28.7. The fourth-order valence-electron chi connectivity index (χ4n) is 4.01. The Morgan fingerprint density at radius 2 is 1.34 bits per heavy atom. The van der Waals surface area contributed by atoms with Crippen LogP contribution in [0.3, 0.4) is 0 Å². The van der Waals surface area contributed by atoms with E-state index in [-0.39, 0.29) is 18.6 Å². The summed E-state index contributed by atoms with van der Waals surface area (Å²) in [5.41, 5.74) is 0. The first-order chi connectivity index (χ1) is 15.4. The van der Waals surface area contributed by atoms with E-state index in [9.17, 15) is 9.59 Å². The Balaban J connectivity index is 1.87. The lowest BCUT2D eigenvalue weighted by atomic mass is 10.0. The number of hydrogen-bond acceptors (Lipinski definition) is 5. The number of hydrogen-bond donors (Lipinski definition) is 1. The molecule has 6 heteroatoms. The molecule has 188 valence electrons. The van der Waals surface area contributed by atoms with E-state index in [0.29, 0.717) is 12.5 Å². The monoisotopic (exact) mass is 454 g/mol. The molecule has 1 aliphatic rings. The van der Waals surface area contributed by atoms with Crippen molar-refractivity contribution < 1.29 is 19.1 Å². The lowest BCUT2D eigenvalue weighted by Gasteiger charge is -2.42. The fraction of sp³-hybridized carbons (Fsp3) is 0.923. The number of esters is 1. The third-order valence-corrected chi connectivity index (χ3v) is 6.23. The van der Waals surface area contributed by atoms with Crippen molar-refractivity contribution in [2.45, 2.75) is 136 Å². The highest BCUT2D eigenvalue weighted by atomic mass is 16.6. The van der Waals surface area contributed by atoms with E-state index in [1.54, 1.807) is 6.92 Å². The van der Waals surface area contributed by atoms with Crippen LogP contribution in [-0.2, 0) is 14.3 Å². The summed E-state index contributed by atoms with van der Waals surface area (Å²) in [4.78, 5) is 26.1. The van der Waals surface area contributed by atoms with Crippen LogP contribution in [0.25, 0.3) is 0 Å². The van der Waals surface area contributed by atoms with Gasteiger partial charge in [-0.15, -0.1) is 0 Å². The van der Waals surface area contributed by atoms with Crippen LogP contribution in [0.1, 0.15) is 118 Å². The smallest absolute Gasteiger partial charge is 0.407 e. The molecule has 1 atom stereocenters. The molecule has 1 aliphatic heterocycles. The molecule has 0 spiro atoms. The fourth-order valence-corrected chi connectivity index (χ4v) is 4.01. The van der Waals surface area contributed by atoms with Crippen molar-refractivity contribution in [2.75, 3.05) is 19.7 Å². The minimum atomic E-state index is -0.438. The van der Waals surface area contributed by atoms with Crippen LogP contribution in [0.5, 0.6) is 0 Å². The molecule has 1 fully saturated rings. The number of unbranched alkanes of at least 4 members (excludes halogenated alkanes) is 12. The first-order valence-electron chi connectivity index (χ1n) is 13.3. The van der Waals surface area contributed by atoms with Gasteiger partial charge >= 0.3 is 12.1 Å². The van der Waals surface area contributed by atoms with E-state index in [1.165, 1.54) is 70.6 Å². The lowest BCUT2D eigenvalue weighted by Crippen LogP contribution is -2.61. The highest BCUT2D eigenvalue weighted by Gasteiger charge is 2.30. The molecule has 0 radical (unpaired) electrons. The molecule has 1 rings (SSSR count). The average molecular weight is 455 g/mol. The molecule has 0 aromatic rings. The Morgan fingerprint density at radius 1 is 0.844 bits per heavy atom. The average Bonchev–Trinajstić information content (AvgIpc) is 2.72. The maximum absolute atomic E-state index is 11.9. The minimum Gasteiger partial charge on any atom is -0.462 e. The van der Waals surface area contributed by atoms with Gasteiger partial charge in [0.1, 0.15) is 12.7 Å². The summed E-state index contributed by atoms with van der Waals surface area (Å²) < 4.78 is 10.5. The Labute approximate surface area is 197 Å². The molecule has 0 saturated carbocycles. The zero-order chi connectivity index (χ0) is 23.6. The molecular weight excluding hydrogens is 404 g/mol. The standard InChI is InChI=1S/C26H50N2O4/c1-5-6-7-8-9-10-11-12-13-14-15-16-17-18-25(29)31-21-23(4)32-26(30)27-24-19-28(20-24)22(2)3/h22-24H,5-21H2,1-4H3,(H,27,30). The predicted molar refractivity (Wildman–Crippen MR) is 131 cm³/mol. The predicted octanol–water partition coefficient (Wildman–Crippen LogP) is 6.22. The van der Waals surface area contributed by atoms with Crippen LogP contribution in [0.4, 0.5) is 4.79 Å². The van der Waals surface area contributed by atoms with Gasteiger partial charge in [0.2, 0.25) is 0 Å². The minimum absolute atomic E-state index is 0.119.